The van der Waals surface area contributed by atoms with E-state index in [0.717, 1.165) is 0 Å². The van der Waals surface area contributed by atoms with Crippen molar-refractivity contribution in [2.75, 3.05) is 0 Å². The smallest absolute Gasteiger partial charge is 0.0654 e. The first kappa shape index (κ1) is 9.47. The number of benzene rings is 2. The minimum Gasteiger partial charge on any atom is -0.0654 e. The van der Waals surface area contributed by atoms with Crippen LogP contribution in [0.1, 0.15) is 0 Å². The van der Waals surface area contributed by atoms with Crippen molar-refractivity contribution in [1.29, 1.82) is 0 Å². The topological polar surface area (TPSA) is 0 Å². The highest BCUT2D eigenvalue weighted by Gasteiger charge is 2.18. The first-order valence-electron chi connectivity index (χ1n) is 4.92. The maximum atomic E-state index is 4.33. The van der Waals surface area contributed by atoms with Crippen LogP contribution in [-0.4, -0.2) is 8.07 Å². The van der Waals surface area contributed by atoms with Crippen LogP contribution in [0.4, 0.5) is 0 Å². The lowest BCUT2D eigenvalue weighted by atomic mass is 10.1. The number of rotatable bonds is 1. The zero-order chi connectivity index (χ0) is 10.2. The van der Waals surface area contributed by atoms with Crippen LogP contribution >= 0.6 is 0 Å². The van der Waals surface area contributed by atoms with E-state index in [0.29, 0.717) is 0 Å². The summed E-state index contributed by atoms with van der Waals surface area (Å²) < 4.78 is 0. The standard InChI is InChI=1S/C13H15Si/c1-14(2,3)13-10-6-8-11-7-4-5-9-12(11)13/h4-10H,1H2,2-3H3. The Morgan fingerprint density at radius 3 is 2.29 bits per heavy atom. The second-order valence-electron chi connectivity index (χ2n) is 4.41. The molecule has 2 rings (SSSR count). The van der Waals surface area contributed by atoms with Crippen LogP contribution in [0.25, 0.3) is 10.8 Å². The first-order valence-corrected chi connectivity index (χ1v) is 8.13. The van der Waals surface area contributed by atoms with Gasteiger partial charge in [0.1, 0.15) is 0 Å². The second-order valence-corrected chi connectivity index (χ2v) is 8.72. The molecule has 0 bridgehead atoms. The Hall–Kier alpha value is -1.08. The zero-order valence-electron chi connectivity index (χ0n) is 8.75. The molecule has 0 nitrogen and oxygen atoms in total. The van der Waals surface area contributed by atoms with Crippen LogP contribution < -0.4 is 5.19 Å². The molecule has 0 aliphatic carbocycles. The molecule has 0 aromatic heterocycles. The van der Waals surface area contributed by atoms with Crippen LogP contribution in [0.5, 0.6) is 0 Å². The highest BCUT2D eigenvalue weighted by Crippen LogP contribution is 2.14. The van der Waals surface area contributed by atoms with Gasteiger partial charge in [-0.15, -0.1) is 0 Å². The van der Waals surface area contributed by atoms with Crippen LogP contribution in [0.15, 0.2) is 42.5 Å². The summed E-state index contributed by atoms with van der Waals surface area (Å²) in [5.41, 5.74) is 0. The molecule has 0 saturated carbocycles. The number of fused-ring (bicyclic) bond motifs is 1. The molecule has 0 aliphatic rings. The van der Waals surface area contributed by atoms with E-state index in [-0.39, 0.29) is 0 Å². The van der Waals surface area contributed by atoms with Crippen molar-refractivity contribution in [2.24, 2.45) is 0 Å². The summed E-state index contributed by atoms with van der Waals surface area (Å²) in [4.78, 5) is 0. The van der Waals surface area contributed by atoms with Crippen molar-refractivity contribution in [2.45, 2.75) is 13.1 Å². The molecule has 0 atom stereocenters. The van der Waals surface area contributed by atoms with E-state index in [1.165, 1.54) is 16.0 Å². The molecule has 0 amide bonds. The van der Waals surface area contributed by atoms with Crippen LogP contribution in [0.2, 0.25) is 13.1 Å². The Morgan fingerprint density at radius 1 is 0.929 bits per heavy atom. The van der Waals surface area contributed by atoms with Crippen molar-refractivity contribution in [1.82, 2.24) is 0 Å². The summed E-state index contributed by atoms with van der Waals surface area (Å²) in [7, 11) is -1.45. The van der Waals surface area contributed by atoms with Gasteiger partial charge in [0.2, 0.25) is 0 Å². The molecular weight excluding hydrogens is 184 g/mol. The summed E-state index contributed by atoms with van der Waals surface area (Å²) in [6, 6.07) is 15.1. The lowest BCUT2D eigenvalue weighted by Gasteiger charge is -2.18. The SMILES string of the molecule is [CH2][Si](C)(C)c1cccc2ccccc12. The lowest BCUT2D eigenvalue weighted by Crippen LogP contribution is -2.38. The molecule has 0 N–H and O–H groups in total. The molecule has 0 aliphatic heterocycles. The minimum atomic E-state index is -1.45. The highest BCUT2D eigenvalue weighted by molar-refractivity contribution is 6.92. The largest absolute Gasteiger partial charge is 0.0811 e. The molecule has 1 heteroatoms. The average molecular weight is 199 g/mol. The van der Waals surface area contributed by atoms with Gasteiger partial charge in [-0.25, -0.2) is 0 Å². The summed E-state index contributed by atoms with van der Waals surface area (Å²) in [6.45, 7) is 8.90. The molecule has 1 radical (unpaired) electrons. The van der Waals surface area contributed by atoms with E-state index in [1.807, 2.05) is 0 Å². The Balaban J connectivity index is 2.78. The first-order chi connectivity index (χ1) is 6.59. The van der Waals surface area contributed by atoms with Gasteiger partial charge in [-0.05, 0) is 10.8 Å². The molecule has 2 aromatic rings. The molecule has 0 heterocycles. The van der Waals surface area contributed by atoms with Crippen LogP contribution in [0, 0.1) is 6.55 Å². The number of hydrogen-bond acceptors (Lipinski definition) is 0. The van der Waals surface area contributed by atoms with Crippen LogP contribution in [-0.2, 0) is 0 Å². The second kappa shape index (κ2) is 3.25. The fraction of sp³-hybridized carbons (Fsp3) is 0.154. The molecule has 2 aromatic carbocycles. The Kier molecular flexibility index (Phi) is 2.20. The molecule has 14 heavy (non-hydrogen) atoms. The summed E-state index contributed by atoms with van der Waals surface area (Å²) in [5.74, 6) is 0. The Labute approximate surface area is 86.6 Å². The molecule has 0 unspecified atom stereocenters. The summed E-state index contributed by atoms with van der Waals surface area (Å²) >= 11 is 0. The Morgan fingerprint density at radius 2 is 1.57 bits per heavy atom. The van der Waals surface area contributed by atoms with Gasteiger partial charge in [0.05, 0.1) is 8.07 Å². The molecule has 0 spiro atoms. The lowest BCUT2D eigenvalue weighted by molar-refractivity contribution is 1.74. The third-order valence-electron chi connectivity index (χ3n) is 2.52. The zero-order valence-corrected chi connectivity index (χ0v) is 9.75. The van der Waals surface area contributed by atoms with Gasteiger partial charge >= 0.3 is 0 Å². The van der Waals surface area contributed by atoms with Gasteiger partial charge < -0.3 is 0 Å². The van der Waals surface area contributed by atoms with Crippen LogP contribution in [0.3, 0.4) is 0 Å². The fourth-order valence-corrected chi connectivity index (χ4v) is 3.32. The van der Waals surface area contributed by atoms with Gasteiger partial charge in [-0.3, -0.25) is 0 Å². The van der Waals surface area contributed by atoms with E-state index in [9.17, 15) is 0 Å². The third kappa shape index (κ3) is 1.60. The average Bonchev–Trinajstić information content (AvgIpc) is 2.15. The highest BCUT2D eigenvalue weighted by atomic mass is 28.3. The van der Waals surface area contributed by atoms with Gasteiger partial charge in [0, 0.05) is 0 Å². The van der Waals surface area contributed by atoms with Gasteiger partial charge in [0.25, 0.3) is 0 Å². The normalized spacial score (nSPS) is 11.9. The van der Waals surface area contributed by atoms with E-state index in [1.54, 1.807) is 0 Å². The van der Waals surface area contributed by atoms with Crippen molar-refractivity contribution in [3.63, 3.8) is 0 Å². The predicted molar refractivity (Wildman–Crippen MR) is 66.4 cm³/mol. The van der Waals surface area contributed by atoms with Crippen molar-refractivity contribution >= 4 is 24.0 Å². The Bertz CT molecular complexity index is 447. The van der Waals surface area contributed by atoms with E-state index >= 15 is 0 Å². The van der Waals surface area contributed by atoms with Gasteiger partial charge in [-0.2, -0.15) is 0 Å². The molecule has 0 fully saturated rings. The summed E-state index contributed by atoms with van der Waals surface area (Å²) in [5, 5.41) is 4.16. The molecule has 0 saturated heterocycles. The predicted octanol–water partition coefficient (Wildman–Crippen LogP) is 3.13. The number of hydrogen-bond donors (Lipinski definition) is 0. The maximum absolute atomic E-state index is 4.33. The van der Waals surface area contributed by atoms with Crippen molar-refractivity contribution in [3.8, 4) is 0 Å². The molecule has 71 valence electrons. The molecular formula is C13H15Si. The minimum absolute atomic E-state index is 1.33. The van der Waals surface area contributed by atoms with Crippen molar-refractivity contribution < 1.29 is 0 Å². The van der Waals surface area contributed by atoms with Gasteiger partial charge in [-0.1, -0.05) is 67.3 Å². The van der Waals surface area contributed by atoms with Gasteiger partial charge in [0.15, 0.2) is 0 Å². The van der Waals surface area contributed by atoms with E-state index in [4.69, 9.17) is 0 Å². The van der Waals surface area contributed by atoms with Crippen molar-refractivity contribution in [3.05, 3.63) is 49.0 Å². The van der Waals surface area contributed by atoms with E-state index < -0.39 is 8.07 Å². The monoisotopic (exact) mass is 199 g/mol. The quantitative estimate of drug-likeness (QED) is 0.619. The fourth-order valence-electron chi connectivity index (χ4n) is 1.82. The maximum Gasteiger partial charge on any atom is 0.0811 e. The third-order valence-corrected chi connectivity index (χ3v) is 4.41. The summed E-state index contributed by atoms with van der Waals surface area (Å²) in [6.07, 6.45) is 0. The van der Waals surface area contributed by atoms with E-state index in [2.05, 4.69) is 62.1 Å².